The maximum atomic E-state index is 5.22. The van der Waals surface area contributed by atoms with Gasteiger partial charge in [0, 0.05) is 5.56 Å². The number of hydrogen-bond donors (Lipinski definition) is 0. The largest absolute Gasteiger partial charge is 0.497 e. The predicted molar refractivity (Wildman–Crippen MR) is 104 cm³/mol. The Bertz CT molecular complexity index is 1270. The van der Waals surface area contributed by atoms with Crippen molar-refractivity contribution in [2.24, 2.45) is 0 Å². The Morgan fingerprint density at radius 1 is 0.821 bits per heavy atom. The van der Waals surface area contributed by atoms with Crippen molar-refractivity contribution in [1.82, 2.24) is 29.4 Å². The van der Waals surface area contributed by atoms with Crippen LogP contribution in [0.5, 0.6) is 11.5 Å². The SMILES string of the molecule is COc1ccc(-c2nc3c4cnn(-c5ccc(OC)cc5)c4ncn3n2)cc1. The standard InChI is InChI=1S/C20H16N6O2/c1-27-15-7-3-13(4-8-15)18-23-20-17-11-22-26(19(17)21-12-25(20)24-18)14-5-9-16(28-2)10-6-14/h3-12H,1-2H3. The van der Waals surface area contributed by atoms with E-state index in [0.29, 0.717) is 17.1 Å². The van der Waals surface area contributed by atoms with Crippen LogP contribution in [0.15, 0.2) is 61.1 Å². The molecule has 0 amide bonds. The molecular formula is C20H16N6O2. The summed E-state index contributed by atoms with van der Waals surface area (Å²) in [7, 11) is 3.28. The van der Waals surface area contributed by atoms with Crippen LogP contribution in [-0.2, 0) is 0 Å². The molecule has 28 heavy (non-hydrogen) atoms. The minimum absolute atomic E-state index is 0.620. The van der Waals surface area contributed by atoms with Crippen LogP contribution in [0.1, 0.15) is 0 Å². The molecule has 0 aliphatic heterocycles. The molecule has 8 nitrogen and oxygen atoms in total. The average molecular weight is 372 g/mol. The molecule has 3 heterocycles. The van der Waals surface area contributed by atoms with Gasteiger partial charge in [-0.25, -0.2) is 19.2 Å². The van der Waals surface area contributed by atoms with Crippen LogP contribution in [0, 0.1) is 0 Å². The van der Waals surface area contributed by atoms with Gasteiger partial charge in [0.05, 0.1) is 31.5 Å². The van der Waals surface area contributed by atoms with Crippen molar-refractivity contribution in [3.63, 3.8) is 0 Å². The van der Waals surface area contributed by atoms with Gasteiger partial charge in [0.15, 0.2) is 17.1 Å². The lowest BCUT2D eigenvalue weighted by Gasteiger charge is -2.04. The van der Waals surface area contributed by atoms with Crippen LogP contribution in [0.4, 0.5) is 0 Å². The first-order chi connectivity index (χ1) is 13.8. The third-order valence-corrected chi connectivity index (χ3v) is 4.57. The lowest BCUT2D eigenvalue weighted by molar-refractivity contribution is 0.414. The van der Waals surface area contributed by atoms with E-state index in [-0.39, 0.29) is 0 Å². The van der Waals surface area contributed by atoms with Crippen molar-refractivity contribution in [3.8, 4) is 28.6 Å². The fourth-order valence-electron chi connectivity index (χ4n) is 3.10. The molecule has 8 heteroatoms. The third-order valence-electron chi connectivity index (χ3n) is 4.57. The zero-order chi connectivity index (χ0) is 19.1. The summed E-state index contributed by atoms with van der Waals surface area (Å²) in [6.07, 6.45) is 3.41. The lowest BCUT2D eigenvalue weighted by atomic mass is 10.2. The summed E-state index contributed by atoms with van der Waals surface area (Å²) in [5, 5.41) is 9.86. The molecule has 0 unspecified atom stereocenters. The summed E-state index contributed by atoms with van der Waals surface area (Å²) in [6.45, 7) is 0. The van der Waals surface area contributed by atoms with Gasteiger partial charge in [-0.3, -0.25) is 0 Å². The van der Waals surface area contributed by atoms with Gasteiger partial charge >= 0.3 is 0 Å². The summed E-state index contributed by atoms with van der Waals surface area (Å²) >= 11 is 0. The highest BCUT2D eigenvalue weighted by molar-refractivity contribution is 5.90. The summed E-state index contributed by atoms with van der Waals surface area (Å²) in [5.41, 5.74) is 3.21. The van der Waals surface area contributed by atoms with Gasteiger partial charge in [0.25, 0.3) is 0 Å². The van der Waals surface area contributed by atoms with E-state index in [1.54, 1.807) is 35.9 Å². The Morgan fingerprint density at radius 2 is 1.50 bits per heavy atom. The van der Waals surface area contributed by atoms with E-state index in [1.165, 1.54) is 0 Å². The quantitative estimate of drug-likeness (QED) is 0.482. The number of benzene rings is 2. The molecule has 0 N–H and O–H groups in total. The van der Waals surface area contributed by atoms with E-state index >= 15 is 0 Å². The molecule has 2 aromatic carbocycles. The first-order valence-corrected chi connectivity index (χ1v) is 8.65. The highest BCUT2D eigenvalue weighted by atomic mass is 16.5. The van der Waals surface area contributed by atoms with Crippen molar-refractivity contribution >= 4 is 16.7 Å². The highest BCUT2D eigenvalue weighted by Gasteiger charge is 2.14. The van der Waals surface area contributed by atoms with E-state index in [4.69, 9.17) is 14.5 Å². The van der Waals surface area contributed by atoms with Crippen molar-refractivity contribution in [3.05, 3.63) is 61.1 Å². The summed E-state index contributed by atoms with van der Waals surface area (Å²) in [4.78, 5) is 9.23. The van der Waals surface area contributed by atoms with Crippen molar-refractivity contribution in [1.29, 1.82) is 0 Å². The van der Waals surface area contributed by atoms with Gasteiger partial charge < -0.3 is 9.47 Å². The van der Waals surface area contributed by atoms with Gasteiger partial charge in [-0.1, -0.05) is 0 Å². The molecule has 0 spiro atoms. The molecule has 138 valence electrons. The van der Waals surface area contributed by atoms with Gasteiger partial charge in [-0.2, -0.15) is 5.10 Å². The molecule has 5 aromatic rings. The zero-order valence-corrected chi connectivity index (χ0v) is 15.3. The molecule has 0 saturated carbocycles. The molecule has 0 fully saturated rings. The normalized spacial score (nSPS) is 11.2. The summed E-state index contributed by atoms with van der Waals surface area (Å²) in [5.74, 6) is 2.20. The lowest BCUT2D eigenvalue weighted by Crippen LogP contribution is -1.99. The average Bonchev–Trinajstić information content (AvgIpc) is 3.38. The smallest absolute Gasteiger partial charge is 0.182 e. The summed E-state index contributed by atoms with van der Waals surface area (Å²) < 4.78 is 13.9. The Labute approximate surface area is 160 Å². The Balaban J connectivity index is 1.61. The first kappa shape index (κ1) is 16.2. The van der Waals surface area contributed by atoms with Crippen LogP contribution in [0.3, 0.4) is 0 Å². The van der Waals surface area contributed by atoms with Crippen LogP contribution in [0.2, 0.25) is 0 Å². The Kier molecular flexibility index (Phi) is 3.68. The van der Waals surface area contributed by atoms with E-state index in [1.807, 2.05) is 48.5 Å². The molecule has 0 aliphatic carbocycles. The minimum atomic E-state index is 0.620. The second kappa shape index (κ2) is 6.34. The van der Waals surface area contributed by atoms with Crippen LogP contribution >= 0.6 is 0 Å². The van der Waals surface area contributed by atoms with Gasteiger partial charge in [-0.05, 0) is 48.5 Å². The molecule has 3 aromatic heterocycles. The van der Waals surface area contributed by atoms with Crippen LogP contribution < -0.4 is 9.47 Å². The number of fused-ring (bicyclic) bond motifs is 3. The highest BCUT2D eigenvalue weighted by Crippen LogP contribution is 2.24. The first-order valence-electron chi connectivity index (χ1n) is 8.65. The number of nitrogens with zero attached hydrogens (tertiary/aromatic N) is 6. The fraction of sp³-hybridized carbons (Fsp3) is 0.100. The maximum Gasteiger partial charge on any atom is 0.182 e. The van der Waals surface area contributed by atoms with Crippen molar-refractivity contribution < 1.29 is 9.47 Å². The van der Waals surface area contributed by atoms with E-state index in [2.05, 4.69) is 15.2 Å². The van der Waals surface area contributed by atoms with E-state index < -0.39 is 0 Å². The summed E-state index contributed by atoms with van der Waals surface area (Å²) in [6, 6.07) is 15.3. The Hall–Kier alpha value is -3.94. The van der Waals surface area contributed by atoms with Crippen LogP contribution in [0.25, 0.3) is 33.8 Å². The zero-order valence-electron chi connectivity index (χ0n) is 15.3. The van der Waals surface area contributed by atoms with E-state index in [0.717, 1.165) is 28.1 Å². The fourth-order valence-corrected chi connectivity index (χ4v) is 3.10. The number of hydrogen-bond acceptors (Lipinski definition) is 6. The Morgan fingerprint density at radius 3 is 2.18 bits per heavy atom. The molecule has 5 rings (SSSR count). The molecule has 0 saturated heterocycles. The van der Waals surface area contributed by atoms with Crippen molar-refractivity contribution in [2.75, 3.05) is 14.2 Å². The van der Waals surface area contributed by atoms with Crippen molar-refractivity contribution in [2.45, 2.75) is 0 Å². The molecule has 0 radical (unpaired) electrons. The molecular weight excluding hydrogens is 356 g/mol. The molecule has 0 atom stereocenters. The number of aromatic nitrogens is 6. The van der Waals surface area contributed by atoms with Gasteiger partial charge in [-0.15, -0.1) is 5.10 Å². The topological polar surface area (TPSA) is 79.4 Å². The minimum Gasteiger partial charge on any atom is -0.497 e. The van der Waals surface area contributed by atoms with Gasteiger partial charge in [0.1, 0.15) is 17.8 Å². The second-order valence-corrected chi connectivity index (χ2v) is 6.17. The van der Waals surface area contributed by atoms with E-state index in [9.17, 15) is 0 Å². The maximum absolute atomic E-state index is 5.22. The third kappa shape index (κ3) is 2.54. The predicted octanol–water partition coefficient (Wildman–Crippen LogP) is 3.15. The number of methoxy groups -OCH3 is 2. The molecule has 0 aliphatic rings. The van der Waals surface area contributed by atoms with Gasteiger partial charge in [0.2, 0.25) is 0 Å². The number of ether oxygens (including phenoxy) is 2. The molecule has 0 bridgehead atoms. The monoisotopic (exact) mass is 372 g/mol. The second-order valence-electron chi connectivity index (χ2n) is 6.17. The van der Waals surface area contributed by atoms with Crippen LogP contribution in [-0.4, -0.2) is 43.6 Å². The number of rotatable bonds is 4.